The molecule has 0 radical (unpaired) electrons. The van der Waals surface area contributed by atoms with Crippen molar-refractivity contribution in [3.63, 3.8) is 0 Å². The fraction of sp³-hybridized carbons (Fsp3) is 0.764. The summed E-state index contributed by atoms with van der Waals surface area (Å²) in [6.07, 6.45) is 87.3. The lowest BCUT2D eigenvalue weighted by Crippen LogP contribution is -2.30. The molecule has 0 aliphatic heterocycles. The van der Waals surface area contributed by atoms with Crippen LogP contribution in [0.3, 0.4) is 0 Å². The third-order valence-corrected chi connectivity index (χ3v) is 14.6. The highest BCUT2D eigenvalue weighted by Gasteiger charge is 2.19. The van der Waals surface area contributed by atoms with Crippen LogP contribution in [0, 0.1) is 0 Å². The van der Waals surface area contributed by atoms with Gasteiger partial charge in [-0.05, 0) is 116 Å². The Bertz CT molecular complexity index is 1480. The van der Waals surface area contributed by atoms with Gasteiger partial charge in [-0.25, -0.2) is 0 Å². The maximum Gasteiger partial charge on any atom is 0.306 e. The average molecular weight is 1090 g/mol. The first-order chi connectivity index (χ1) is 38.5. The minimum atomic E-state index is -0.786. The van der Waals surface area contributed by atoms with E-state index in [1.807, 2.05) is 0 Å². The molecule has 0 aromatic heterocycles. The Balaban J connectivity index is 4.34. The molecule has 6 heteroatoms. The first-order valence-corrected chi connectivity index (χ1v) is 33.6. The van der Waals surface area contributed by atoms with Crippen LogP contribution in [0.2, 0.25) is 0 Å². The summed E-state index contributed by atoms with van der Waals surface area (Å²) in [5.74, 6) is -0.883. The van der Waals surface area contributed by atoms with E-state index < -0.39 is 6.10 Å². The average Bonchev–Trinajstić information content (AvgIpc) is 3.44. The zero-order valence-electron chi connectivity index (χ0n) is 51.7. The van der Waals surface area contributed by atoms with E-state index in [0.29, 0.717) is 19.3 Å². The number of carbonyl (C=O) groups is 3. The van der Waals surface area contributed by atoms with Crippen molar-refractivity contribution in [3.05, 3.63) is 85.1 Å². The molecule has 0 amide bonds. The van der Waals surface area contributed by atoms with Gasteiger partial charge in [-0.15, -0.1) is 0 Å². The molecule has 1 unspecified atom stereocenters. The van der Waals surface area contributed by atoms with Gasteiger partial charge in [-0.3, -0.25) is 14.4 Å². The molecule has 0 bridgehead atoms. The first-order valence-electron chi connectivity index (χ1n) is 33.6. The van der Waals surface area contributed by atoms with E-state index in [-0.39, 0.29) is 31.1 Å². The number of esters is 3. The Labute approximate surface area is 484 Å². The molecule has 0 saturated carbocycles. The van der Waals surface area contributed by atoms with Crippen molar-refractivity contribution in [1.82, 2.24) is 0 Å². The molecule has 0 rings (SSSR count). The van der Waals surface area contributed by atoms with Crippen LogP contribution in [0.15, 0.2) is 85.1 Å². The summed E-state index contributed by atoms with van der Waals surface area (Å²) in [5.41, 5.74) is 0. The molecule has 0 aliphatic carbocycles. The molecule has 450 valence electrons. The van der Waals surface area contributed by atoms with Gasteiger partial charge in [0, 0.05) is 19.3 Å². The molecule has 0 saturated heterocycles. The van der Waals surface area contributed by atoms with Crippen molar-refractivity contribution in [2.45, 2.75) is 341 Å². The second kappa shape index (κ2) is 66.1. The van der Waals surface area contributed by atoms with E-state index in [2.05, 4.69) is 106 Å². The number of hydrogen-bond donors (Lipinski definition) is 0. The van der Waals surface area contributed by atoms with Crippen molar-refractivity contribution in [1.29, 1.82) is 0 Å². The summed E-state index contributed by atoms with van der Waals surface area (Å²) in [7, 11) is 0. The quantitative estimate of drug-likeness (QED) is 0.0261. The summed E-state index contributed by atoms with van der Waals surface area (Å²) in [6, 6.07) is 0. The number of unbranched alkanes of at least 4 members (excludes halogenated alkanes) is 36. The smallest absolute Gasteiger partial charge is 0.306 e. The summed E-state index contributed by atoms with van der Waals surface area (Å²) in [4.78, 5) is 38.4. The summed E-state index contributed by atoms with van der Waals surface area (Å²) < 4.78 is 17.0. The minimum absolute atomic E-state index is 0.0809. The maximum absolute atomic E-state index is 12.9. The predicted molar refractivity (Wildman–Crippen MR) is 339 cm³/mol. The first kappa shape index (κ1) is 74.6. The largest absolute Gasteiger partial charge is 0.462 e. The summed E-state index contributed by atoms with van der Waals surface area (Å²) >= 11 is 0. The van der Waals surface area contributed by atoms with Crippen LogP contribution in [-0.4, -0.2) is 37.2 Å². The summed E-state index contributed by atoms with van der Waals surface area (Å²) in [6.45, 7) is 6.53. The van der Waals surface area contributed by atoms with Crippen LogP contribution in [0.5, 0.6) is 0 Å². The fourth-order valence-corrected chi connectivity index (χ4v) is 9.58. The molecule has 78 heavy (non-hydrogen) atoms. The lowest BCUT2D eigenvalue weighted by Gasteiger charge is -2.18. The molecule has 0 fully saturated rings. The number of allylic oxidation sites excluding steroid dienone is 14. The van der Waals surface area contributed by atoms with Gasteiger partial charge >= 0.3 is 17.9 Å². The van der Waals surface area contributed by atoms with E-state index in [4.69, 9.17) is 14.2 Å². The third kappa shape index (κ3) is 63.4. The van der Waals surface area contributed by atoms with E-state index in [1.54, 1.807) is 0 Å². The molecule has 0 aromatic rings. The van der Waals surface area contributed by atoms with E-state index in [9.17, 15) is 14.4 Å². The number of rotatable bonds is 61. The fourth-order valence-electron chi connectivity index (χ4n) is 9.58. The van der Waals surface area contributed by atoms with Crippen LogP contribution in [0.4, 0.5) is 0 Å². The van der Waals surface area contributed by atoms with Gasteiger partial charge in [0.2, 0.25) is 0 Å². The predicted octanol–water partition coefficient (Wildman–Crippen LogP) is 23.1. The second-order valence-corrected chi connectivity index (χ2v) is 22.3. The maximum atomic E-state index is 12.9. The van der Waals surface area contributed by atoms with Crippen LogP contribution < -0.4 is 0 Å². The molecular weight excluding hydrogens is 961 g/mol. The second-order valence-electron chi connectivity index (χ2n) is 22.3. The number of carbonyl (C=O) groups excluding carboxylic acids is 3. The lowest BCUT2D eigenvalue weighted by atomic mass is 10.0. The van der Waals surface area contributed by atoms with Gasteiger partial charge in [0.05, 0.1) is 0 Å². The Morgan fingerprint density at radius 1 is 0.269 bits per heavy atom. The van der Waals surface area contributed by atoms with Gasteiger partial charge in [0.25, 0.3) is 0 Å². The minimum Gasteiger partial charge on any atom is -0.462 e. The zero-order valence-corrected chi connectivity index (χ0v) is 51.7. The Hall–Kier alpha value is -3.41. The molecule has 0 N–H and O–H groups in total. The normalized spacial score (nSPS) is 12.6. The molecule has 0 spiro atoms. The van der Waals surface area contributed by atoms with Gasteiger partial charge in [-0.2, -0.15) is 0 Å². The van der Waals surface area contributed by atoms with Crippen LogP contribution in [-0.2, 0) is 28.6 Å². The van der Waals surface area contributed by atoms with Crippen molar-refractivity contribution in [2.24, 2.45) is 0 Å². The third-order valence-electron chi connectivity index (χ3n) is 14.6. The van der Waals surface area contributed by atoms with Crippen LogP contribution >= 0.6 is 0 Å². The van der Waals surface area contributed by atoms with Crippen molar-refractivity contribution >= 4 is 17.9 Å². The zero-order chi connectivity index (χ0) is 56.4. The van der Waals surface area contributed by atoms with Gasteiger partial charge < -0.3 is 14.2 Å². The SMILES string of the molecule is CC/C=C\C/C=C\C/C=C\C/C=C\CCCCCCCCCCCCCCC(=O)OCC(COC(=O)CCCCCCC/C=C\C/C=C\CCCCCC)OC(=O)CCCCCCCCCCC/C=C\CCCCCCCC. The Morgan fingerprint density at radius 3 is 0.808 bits per heavy atom. The standard InChI is InChI=1S/C72H126O6/c1-4-7-10-13-16-19-22-25-28-31-33-34-35-36-37-38-40-41-44-47-50-53-56-59-62-65-71(74)77-68-69(67-76-70(73)64-61-58-55-52-49-46-43-30-27-24-21-18-15-12-9-6-3)78-72(75)66-63-60-57-54-51-48-45-42-39-32-29-26-23-20-17-14-11-8-5-2/h7,10,16,19,21,24-26,28-30,33-34,43,69H,4-6,8-9,11-15,17-18,20,22-23,27,31-32,35-42,44-68H2,1-3H3/b10-7-,19-16-,24-21-,28-25-,29-26-,34-33-,43-30-. The Morgan fingerprint density at radius 2 is 0.500 bits per heavy atom. The van der Waals surface area contributed by atoms with Gasteiger partial charge in [-0.1, -0.05) is 286 Å². The summed E-state index contributed by atoms with van der Waals surface area (Å²) in [5, 5.41) is 0. The molecule has 0 aliphatic rings. The molecule has 1 atom stereocenters. The van der Waals surface area contributed by atoms with E-state index in [0.717, 1.165) is 103 Å². The van der Waals surface area contributed by atoms with Crippen LogP contribution in [0.25, 0.3) is 0 Å². The number of ether oxygens (including phenoxy) is 3. The number of hydrogen-bond acceptors (Lipinski definition) is 6. The molecule has 6 nitrogen and oxygen atoms in total. The van der Waals surface area contributed by atoms with Gasteiger partial charge in [0.1, 0.15) is 13.2 Å². The highest BCUT2D eigenvalue weighted by Crippen LogP contribution is 2.17. The van der Waals surface area contributed by atoms with Gasteiger partial charge in [0.15, 0.2) is 6.10 Å². The van der Waals surface area contributed by atoms with Crippen molar-refractivity contribution < 1.29 is 28.6 Å². The highest BCUT2D eigenvalue weighted by molar-refractivity contribution is 5.71. The molecular formula is C72H126O6. The molecule has 0 aromatic carbocycles. The highest BCUT2D eigenvalue weighted by atomic mass is 16.6. The van der Waals surface area contributed by atoms with E-state index >= 15 is 0 Å². The molecule has 0 heterocycles. The van der Waals surface area contributed by atoms with Crippen LogP contribution in [0.1, 0.15) is 335 Å². The Kier molecular flexibility index (Phi) is 63.2. The van der Waals surface area contributed by atoms with Crippen molar-refractivity contribution in [3.8, 4) is 0 Å². The monoisotopic (exact) mass is 1090 g/mol. The lowest BCUT2D eigenvalue weighted by molar-refractivity contribution is -0.167. The topological polar surface area (TPSA) is 78.9 Å². The van der Waals surface area contributed by atoms with Crippen molar-refractivity contribution in [2.75, 3.05) is 13.2 Å². The van der Waals surface area contributed by atoms with E-state index in [1.165, 1.54) is 193 Å².